The summed E-state index contributed by atoms with van der Waals surface area (Å²) in [5.41, 5.74) is 0.995. The van der Waals surface area contributed by atoms with Gasteiger partial charge in [-0.05, 0) is 45.7 Å². The van der Waals surface area contributed by atoms with Crippen LogP contribution in [0.4, 0.5) is 5.69 Å². The molecule has 0 unspecified atom stereocenters. The Hall–Kier alpha value is -0.900. The number of phenolic OH excluding ortho intramolecular Hbond substituents is 1. The van der Waals surface area contributed by atoms with Gasteiger partial charge < -0.3 is 5.11 Å². The largest absolute Gasteiger partial charge is 0.507 e. The Morgan fingerprint density at radius 2 is 2.18 bits per heavy atom. The Labute approximate surface area is 72.2 Å². The Balaban J connectivity index is 3.36. The van der Waals surface area contributed by atoms with Gasteiger partial charge in [-0.2, -0.15) is 0 Å². The lowest BCUT2D eigenvalue weighted by molar-refractivity contribution is 0.471. The van der Waals surface area contributed by atoms with Crippen LogP contribution in [-0.2, 0) is 0 Å². The molecular weight excluding hydrogens is 210 g/mol. The average molecular weight is 216 g/mol. The summed E-state index contributed by atoms with van der Waals surface area (Å²) < 4.78 is 0.523. The minimum Gasteiger partial charge on any atom is -0.507 e. The Bertz CT molecular complexity index is 299. The molecule has 0 atom stereocenters. The maximum Gasteiger partial charge on any atom is 0.130 e. The molecule has 0 saturated heterocycles. The molecule has 0 bridgehead atoms. The van der Waals surface area contributed by atoms with Crippen LogP contribution in [0.15, 0.2) is 21.8 Å². The van der Waals surface area contributed by atoms with E-state index in [0.29, 0.717) is 15.7 Å². The lowest BCUT2D eigenvalue weighted by atomic mass is 10.2. The van der Waals surface area contributed by atoms with Crippen LogP contribution in [0.5, 0.6) is 5.75 Å². The molecule has 0 aliphatic rings. The first kappa shape index (κ1) is 8.20. The van der Waals surface area contributed by atoms with Gasteiger partial charge in [0.1, 0.15) is 11.4 Å². The van der Waals surface area contributed by atoms with Crippen LogP contribution in [0, 0.1) is 11.8 Å². The highest BCUT2D eigenvalue weighted by Gasteiger charge is 2.05. The maximum absolute atomic E-state index is 10.1. The number of phenols is 1. The van der Waals surface area contributed by atoms with E-state index in [1.807, 2.05) is 0 Å². The monoisotopic (exact) mass is 215 g/mol. The van der Waals surface area contributed by atoms with Crippen LogP contribution in [0.25, 0.3) is 0 Å². The van der Waals surface area contributed by atoms with Crippen molar-refractivity contribution in [3.8, 4) is 5.75 Å². The van der Waals surface area contributed by atoms with E-state index in [0.717, 1.165) is 0 Å². The fourth-order valence-electron chi connectivity index (χ4n) is 0.759. The number of nitrogens with zero attached hydrogens (tertiary/aromatic N) is 1. The fourth-order valence-corrected chi connectivity index (χ4v) is 1.09. The van der Waals surface area contributed by atoms with E-state index in [1.165, 1.54) is 12.1 Å². The molecule has 0 aliphatic carbocycles. The van der Waals surface area contributed by atoms with Crippen LogP contribution in [0.2, 0.25) is 0 Å². The van der Waals surface area contributed by atoms with Crippen molar-refractivity contribution in [3.63, 3.8) is 0 Å². The minimum atomic E-state index is 0.120. The first-order valence-electron chi connectivity index (χ1n) is 2.98. The average Bonchev–Trinajstić information content (AvgIpc) is 2.01. The predicted octanol–water partition coefficient (Wildman–Crippen LogP) is 2.86. The number of aromatic hydroxyl groups is 1. The summed E-state index contributed by atoms with van der Waals surface area (Å²) in [6.45, 7) is 1.71. The molecule has 1 rings (SSSR count). The van der Waals surface area contributed by atoms with Crippen molar-refractivity contribution in [3.05, 3.63) is 27.1 Å². The van der Waals surface area contributed by atoms with Crippen molar-refractivity contribution < 1.29 is 5.11 Å². The molecule has 0 saturated carbocycles. The molecule has 0 fully saturated rings. The molecule has 3 nitrogen and oxygen atoms in total. The summed E-state index contributed by atoms with van der Waals surface area (Å²) in [6.07, 6.45) is 0. The second-order valence-electron chi connectivity index (χ2n) is 2.13. The summed E-state index contributed by atoms with van der Waals surface area (Å²) in [5.74, 6) is 0.120. The molecule has 0 aromatic heterocycles. The molecule has 58 valence electrons. The SMILES string of the molecule is Cc1c(N=O)ccc(O)c1Br. The molecule has 0 amide bonds. The summed E-state index contributed by atoms with van der Waals surface area (Å²) in [5, 5.41) is 11.9. The number of benzene rings is 1. The van der Waals surface area contributed by atoms with Crippen LogP contribution in [-0.4, -0.2) is 5.11 Å². The highest BCUT2D eigenvalue weighted by molar-refractivity contribution is 9.10. The number of nitroso groups, excluding NO2 is 1. The van der Waals surface area contributed by atoms with E-state index in [2.05, 4.69) is 21.1 Å². The maximum atomic E-state index is 10.1. The minimum absolute atomic E-state index is 0.120. The zero-order valence-electron chi connectivity index (χ0n) is 5.84. The van der Waals surface area contributed by atoms with Gasteiger partial charge in [0.25, 0.3) is 0 Å². The number of hydrogen-bond donors (Lipinski definition) is 1. The molecule has 0 heterocycles. The van der Waals surface area contributed by atoms with Crippen molar-refractivity contribution >= 4 is 21.6 Å². The normalized spacial score (nSPS) is 9.64. The third-order valence-corrected chi connectivity index (χ3v) is 2.44. The third-order valence-electron chi connectivity index (χ3n) is 1.44. The first-order chi connectivity index (χ1) is 5.16. The van der Waals surface area contributed by atoms with Crippen LogP contribution in [0.1, 0.15) is 5.56 Å². The molecule has 1 aromatic rings. The second-order valence-corrected chi connectivity index (χ2v) is 2.93. The van der Waals surface area contributed by atoms with Crippen molar-refractivity contribution in [1.29, 1.82) is 0 Å². The fraction of sp³-hybridized carbons (Fsp3) is 0.143. The summed E-state index contributed by atoms with van der Waals surface area (Å²) >= 11 is 3.12. The molecule has 0 aliphatic heterocycles. The highest BCUT2D eigenvalue weighted by atomic mass is 79.9. The summed E-state index contributed by atoms with van der Waals surface area (Å²) in [4.78, 5) is 10.1. The number of halogens is 1. The molecule has 0 spiro atoms. The van der Waals surface area contributed by atoms with Gasteiger partial charge in [0.2, 0.25) is 0 Å². The van der Waals surface area contributed by atoms with Crippen molar-refractivity contribution in [2.75, 3.05) is 0 Å². The first-order valence-corrected chi connectivity index (χ1v) is 3.77. The van der Waals surface area contributed by atoms with E-state index >= 15 is 0 Å². The van der Waals surface area contributed by atoms with Crippen molar-refractivity contribution in [2.24, 2.45) is 5.18 Å². The van der Waals surface area contributed by atoms with E-state index in [1.54, 1.807) is 6.92 Å². The van der Waals surface area contributed by atoms with Crippen LogP contribution >= 0.6 is 15.9 Å². The molecular formula is C7H6BrNO2. The number of hydrogen-bond acceptors (Lipinski definition) is 3. The van der Waals surface area contributed by atoms with Crippen molar-refractivity contribution in [1.82, 2.24) is 0 Å². The van der Waals surface area contributed by atoms with Gasteiger partial charge >= 0.3 is 0 Å². The van der Waals surface area contributed by atoms with E-state index in [-0.39, 0.29) is 5.75 Å². The Morgan fingerprint density at radius 1 is 1.55 bits per heavy atom. The zero-order chi connectivity index (χ0) is 8.43. The number of rotatable bonds is 1. The van der Waals surface area contributed by atoms with Gasteiger partial charge in [-0.15, -0.1) is 4.91 Å². The van der Waals surface area contributed by atoms with E-state index in [4.69, 9.17) is 5.11 Å². The summed E-state index contributed by atoms with van der Waals surface area (Å²) in [7, 11) is 0. The Morgan fingerprint density at radius 3 is 2.73 bits per heavy atom. The topological polar surface area (TPSA) is 49.7 Å². The predicted molar refractivity (Wildman–Crippen MR) is 46.0 cm³/mol. The Kier molecular flexibility index (Phi) is 2.24. The van der Waals surface area contributed by atoms with Gasteiger partial charge in [-0.25, -0.2) is 0 Å². The van der Waals surface area contributed by atoms with Crippen molar-refractivity contribution in [2.45, 2.75) is 6.92 Å². The van der Waals surface area contributed by atoms with Gasteiger partial charge in [-0.1, -0.05) is 0 Å². The lowest BCUT2D eigenvalue weighted by Gasteiger charge is -2.01. The third kappa shape index (κ3) is 1.40. The van der Waals surface area contributed by atoms with Gasteiger partial charge in [0.05, 0.1) is 4.47 Å². The van der Waals surface area contributed by atoms with Gasteiger partial charge in [0.15, 0.2) is 0 Å². The summed E-state index contributed by atoms with van der Waals surface area (Å²) in [6, 6.07) is 2.90. The molecule has 0 radical (unpaired) electrons. The standard InChI is InChI=1S/C7H6BrNO2/c1-4-5(9-11)2-3-6(10)7(4)8/h2-3,10H,1H3. The van der Waals surface area contributed by atoms with E-state index < -0.39 is 0 Å². The zero-order valence-corrected chi connectivity index (χ0v) is 7.42. The molecule has 1 aromatic carbocycles. The molecule has 4 heteroatoms. The van der Waals surface area contributed by atoms with Gasteiger partial charge in [-0.3, -0.25) is 0 Å². The second kappa shape index (κ2) is 3.00. The lowest BCUT2D eigenvalue weighted by Crippen LogP contribution is -1.76. The molecule has 11 heavy (non-hydrogen) atoms. The van der Waals surface area contributed by atoms with E-state index in [9.17, 15) is 4.91 Å². The quantitative estimate of drug-likeness (QED) is 0.733. The molecule has 1 N–H and O–H groups in total. The van der Waals surface area contributed by atoms with Crippen LogP contribution < -0.4 is 0 Å². The van der Waals surface area contributed by atoms with Gasteiger partial charge in [0, 0.05) is 0 Å². The van der Waals surface area contributed by atoms with Crippen LogP contribution in [0.3, 0.4) is 0 Å². The highest BCUT2D eigenvalue weighted by Crippen LogP contribution is 2.33. The smallest absolute Gasteiger partial charge is 0.130 e.